The molecule has 100 valence electrons. The minimum atomic E-state index is -0.429. The summed E-state index contributed by atoms with van der Waals surface area (Å²) in [6, 6.07) is 0. The van der Waals surface area contributed by atoms with E-state index in [2.05, 4.69) is 5.32 Å². The van der Waals surface area contributed by atoms with Gasteiger partial charge in [0, 0.05) is 19.8 Å². The van der Waals surface area contributed by atoms with Gasteiger partial charge in [-0.2, -0.15) is 0 Å². The minimum absolute atomic E-state index is 0.429. The molecule has 0 unspecified atom stereocenters. The summed E-state index contributed by atoms with van der Waals surface area (Å²) in [6.07, 6.45) is 9.27. The van der Waals surface area contributed by atoms with E-state index < -0.39 is 5.60 Å². The molecule has 3 heteroatoms. The maximum Gasteiger partial charge on any atom is 0.0771 e. The van der Waals surface area contributed by atoms with Gasteiger partial charge in [-0.3, -0.25) is 0 Å². The van der Waals surface area contributed by atoms with Crippen molar-refractivity contribution < 1.29 is 9.84 Å². The van der Waals surface area contributed by atoms with Crippen LogP contribution >= 0.6 is 0 Å². The quantitative estimate of drug-likeness (QED) is 0.741. The Bertz CT molecular complexity index is 206. The van der Waals surface area contributed by atoms with Gasteiger partial charge in [-0.1, -0.05) is 25.7 Å². The van der Waals surface area contributed by atoms with Crippen molar-refractivity contribution in [3.63, 3.8) is 0 Å². The van der Waals surface area contributed by atoms with Crippen molar-refractivity contribution in [2.75, 3.05) is 26.3 Å². The summed E-state index contributed by atoms with van der Waals surface area (Å²) in [5.74, 6) is 0.748. The molecule has 2 rings (SSSR count). The van der Waals surface area contributed by atoms with E-state index in [-0.39, 0.29) is 0 Å². The van der Waals surface area contributed by atoms with Gasteiger partial charge in [-0.05, 0) is 38.1 Å². The van der Waals surface area contributed by atoms with Gasteiger partial charge in [0.05, 0.1) is 5.60 Å². The summed E-state index contributed by atoms with van der Waals surface area (Å²) in [5.41, 5.74) is -0.429. The molecule has 0 aromatic rings. The normalized spacial score (nSPS) is 26.6. The van der Waals surface area contributed by atoms with E-state index in [0.29, 0.717) is 0 Å². The second-order valence-corrected chi connectivity index (χ2v) is 5.83. The highest BCUT2D eigenvalue weighted by atomic mass is 16.5. The third kappa shape index (κ3) is 4.57. The molecule has 0 bridgehead atoms. The van der Waals surface area contributed by atoms with Crippen LogP contribution in [0.3, 0.4) is 0 Å². The summed E-state index contributed by atoms with van der Waals surface area (Å²) in [6.45, 7) is 3.66. The van der Waals surface area contributed by atoms with Crippen LogP contribution in [0.1, 0.15) is 51.4 Å². The molecule has 2 N–H and O–H groups in total. The van der Waals surface area contributed by atoms with E-state index in [0.717, 1.165) is 45.1 Å². The lowest BCUT2D eigenvalue weighted by molar-refractivity contribution is 0.0213. The summed E-state index contributed by atoms with van der Waals surface area (Å²) in [5, 5.41) is 14.0. The van der Waals surface area contributed by atoms with Crippen LogP contribution in [-0.2, 0) is 4.74 Å². The number of hydrogen-bond acceptors (Lipinski definition) is 3. The lowest BCUT2D eigenvalue weighted by Gasteiger charge is -2.29. The molecule has 0 radical (unpaired) electrons. The Hall–Kier alpha value is -0.120. The third-order valence-corrected chi connectivity index (χ3v) is 4.26. The number of aliphatic hydroxyl groups is 1. The highest BCUT2D eigenvalue weighted by Gasteiger charge is 2.27. The van der Waals surface area contributed by atoms with E-state index in [1.54, 1.807) is 0 Å². The molecule has 2 fully saturated rings. The Labute approximate surface area is 105 Å². The Morgan fingerprint density at radius 2 is 1.71 bits per heavy atom. The summed E-state index contributed by atoms with van der Waals surface area (Å²) < 4.78 is 5.36. The average molecular weight is 241 g/mol. The average Bonchev–Trinajstić information content (AvgIpc) is 2.56. The maximum atomic E-state index is 10.5. The lowest BCUT2D eigenvalue weighted by atomic mass is 9.94. The van der Waals surface area contributed by atoms with Crippen molar-refractivity contribution >= 4 is 0 Å². The van der Waals surface area contributed by atoms with Gasteiger partial charge in [0.1, 0.15) is 0 Å². The van der Waals surface area contributed by atoms with Gasteiger partial charge < -0.3 is 15.2 Å². The van der Waals surface area contributed by atoms with Crippen LogP contribution in [0.2, 0.25) is 0 Å². The van der Waals surface area contributed by atoms with E-state index in [9.17, 15) is 5.11 Å². The first kappa shape index (κ1) is 13.3. The molecule has 1 aliphatic carbocycles. The number of ether oxygens (including phenoxy) is 1. The summed E-state index contributed by atoms with van der Waals surface area (Å²) >= 11 is 0. The molecule has 1 heterocycles. The SMILES string of the molecule is OC1(CNCC2CCOCC2)CCCCCC1. The minimum Gasteiger partial charge on any atom is -0.389 e. The first-order valence-corrected chi connectivity index (χ1v) is 7.29. The van der Waals surface area contributed by atoms with Gasteiger partial charge in [0.15, 0.2) is 0 Å². The Morgan fingerprint density at radius 3 is 2.35 bits per heavy atom. The highest BCUT2D eigenvalue weighted by molar-refractivity contribution is 4.83. The fraction of sp³-hybridized carbons (Fsp3) is 1.00. The van der Waals surface area contributed by atoms with E-state index in [1.807, 2.05) is 0 Å². The first-order chi connectivity index (χ1) is 8.29. The van der Waals surface area contributed by atoms with Crippen LogP contribution in [0.15, 0.2) is 0 Å². The second-order valence-electron chi connectivity index (χ2n) is 5.83. The van der Waals surface area contributed by atoms with Crippen molar-refractivity contribution in [2.45, 2.75) is 57.0 Å². The molecular formula is C14H27NO2. The van der Waals surface area contributed by atoms with Gasteiger partial charge in [-0.25, -0.2) is 0 Å². The predicted octanol–water partition coefficient (Wildman–Crippen LogP) is 2.09. The molecule has 17 heavy (non-hydrogen) atoms. The zero-order valence-electron chi connectivity index (χ0n) is 10.9. The zero-order valence-corrected chi connectivity index (χ0v) is 10.9. The van der Waals surface area contributed by atoms with Crippen molar-refractivity contribution in [3.8, 4) is 0 Å². The third-order valence-electron chi connectivity index (χ3n) is 4.26. The largest absolute Gasteiger partial charge is 0.389 e. The van der Waals surface area contributed by atoms with Crippen molar-refractivity contribution in [3.05, 3.63) is 0 Å². The van der Waals surface area contributed by atoms with Crippen LogP contribution in [0.5, 0.6) is 0 Å². The van der Waals surface area contributed by atoms with Gasteiger partial charge >= 0.3 is 0 Å². The Morgan fingerprint density at radius 1 is 1.06 bits per heavy atom. The molecule has 1 saturated carbocycles. The Kier molecular flexibility index (Phi) is 5.26. The summed E-state index contributed by atoms with van der Waals surface area (Å²) in [4.78, 5) is 0. The smallest absolute Gasteiger partial charge is 0.0771 e. The van der Waals surface area contributed by atoms with E-state index >= 15 is 0 Å². The fourth-order valence-corrected chi connectivity index (χ4v) is 3.02. The van der Waals surface area contributed by atoms with Crippen LogP contribution in [0.4, 0.5) is 0 Å². The van der Waals surface area contributed by atoms with Crippen molar-refractivity contribution in [1.29, 1.82) is 0 Å². The van der Waals surface area contributed by atoms with Gasteiger partial charge in [0.2, 0.25) is 0 Å². The summed E-state index contributed by atoms with van der Waals surface area (Å²) in [7, 11) is 0. The zero-order chi connectivity index (χ0) is 12.0. The van der Waals surface area contributed by atoms with E-state index in [1.165, 1.54) is 38.5 Å². The van der Waals surface area contributed by atoms with E-state index in [4.69, 9.17) is 4.74 Å². The van der Waals surface area contributed by atoms with Crippen molar-refractivity contribution in [1.82, 2.24) is 5.32 Å². The number of rotatable bonds is 4. The van der Waals surface area contributed by atoms with Gasteiger partial charge in [0.25, 0.3) is 0 Å². The Balaban J connectivity index is 1.65. The van der Waals surface area contributed by atoms with Crippen LogP contribution in [-0.4, -0.2) is 37.0 Å². The molecule has 0 amide bonds. The molecule has 0 aromatic carbocycles. The maximum absolute atomic E-state index is 10.5. The molecule has 1 saturated heterocycles. The fourth-order valence-electron chi connectivity index (χ4n) is 3.02. The van der Waals surface area contributed by atoms with Crippen LogP contribution < -0.4 is 5.32 Å². The monoisotopic (exact) mass is 241 g/mol. The topological polar surface area (TPSA) is 41.5 Å². The highest BCUT2D eigenvalue weighted by Crippen LogP contribution is 2.26. The predicted molar refractivity (Wildman–Crippen MR) is 69.1 cm³/mol. The molecule has 1 aliphatic heterocycles. The standard InChI is InChI=1S/C14H27NO2/c16-14(7-3-1-2-4-8-14)12-15-11-13-5-9-17-10-6-13/h13,15-16H,1-12H2. The molecule has 0 atom stereocenters. The number of hydrogen-bond donors (Lipinski definition) is 2. The molecule has 3 nitrogen and oxygen atoms in total. The molecule has 0 spiro atoms. The molecule has 2 aliphatic rings. The second kappa shape index (κ2) is 6.72. The molecule has 0 aromatic heterocycles. The van der Waals surface area contributed by atoms with Crippen LogP contribution in [0, 0.1) is 5.92 Å². The molecular weight excluding hydrogens is 214 g/mol. The number of nitrogens with one attached hydrogen (secondary N) is 1. The first-order valence-electron chi connectivity index (χ1n) is 7.29. The van der Waals surface area contributed by atoms with Gasteiger partial charge in [-0.15, -0.1) is 0 Å². The lowest BCUT2D eigenvalue weighted by Crippen LogP contribution is -2.42. The van der Waals surface area contributed by atoms with Crippen molar-refractivity contribution in [2.24, 2.45) is 5.92 Å². The van der Waals surface area contributed by atoms with Crippen LogP contribution in [0.25, 0.3) is 0 Å².